The van der Waals surface area contributed by atoms with Crippen LogP contribution in [0.25, 0.3) is 0 Å². The third-order valence-electron chi connectivity index (χ3n) is 4.26. The van der Waals surface area contributed by atoms with Crippen molar-refractivity contribution in [3.8, 4) is 0 Å². The number of carbonyl (C=O) groups is 1. The molecule has 1 aliphatic heterocycles. The molecule has 1 saturated heterocycles. The molecule has 1 fully saturated rings. The van der Waals surface area contributed by atoms with Crippen molar-refractivity contribution in [2.24, 2.45) is 11.8 Å². The average molecular weight is 274 g/mol. The van der Waals surface area contributed by atoms with Crippen molar-refractivity contribution in [1.82, 2.24) is 10.6 Å². The van der Waals surface area contributed by atoms with Crippen molar-refractivity contribution in [2.75, 3.05) is 13.1 Å². The molecule has 0 spiro atoms. The Bertz CT molecular complexity index is 421. The maximum absolute atomic E-state index is 12.0. The number of hydrogen-bond donors (Lipinski definition) is 2. The van der Waals surface area contributed by atoms with Crippen molar-refractivity contribution < 1.29 is 4.79 Å². The summed E-state index contributed by atoms with van der Waals surface area (Å²) in [5.74, 6) is 1.28. The zero-order valence-corrected chi connectivity index (χ0v) is 12.6. The van der Waals surface area contributed by atoms with Crippen LogP contribution in [-0.4, -0.2) is 19.0 Å². The van der Waals surface area contributed by atoms with Gasteiger partial charge < -0.3 is 10.6 Å². The number of hydrogen-bond acceptors (Lipinski definition) is 2. The van der Waals surface area contributed by atoms with Gasteiger partial charge in [0.15, 0.2) is 0 Å². The molecule has 2 atom stereocenters. The summed E-state index contributed by atoms with van der Waals surface area (Å²) < 4.78 is 0. The Labute approximate surface area is 122 Å². The topological polar surface area (TPSA) is 41.1 Å². The number of piperidine rings is 1. The van der Waals surface area contributed by atoms with Gasteiger partial charge >= 0.3 is 0 Å². The summed E-state index contributed by atoms with van der Waals surface area (Å²) in [6, 6.07) is 8.31. The summed E-state index contributed by atoms with van der Waals surface area (Å²) in [5, 5.41) is 6.45. The molecule has 3 heteroatoms. The standard InChI is InChI=1S/C17H26N2O/c1-13-5-7-15(8-6-13)11-19-17(20)10-14(2)16-4-3-9-18-12-16/h5-8,14,16,18H,3-4,9-12H2,1-2H3,(H,19,20). The Hall–Kier alpha value is -1.35. The van der Waals surface area contributed by atoms with Crippen LogP contribution in [0, 0.1) is 18.8 Å². The molecule has 0 radical (unpaired) electrons. The zero-order valence-electron chi connectivity index (χ0n) is 12.6. The lowest BCUT2D eigenvalue weighted by atomic mass is 9.85. The summed E-state index contributed by atoms with van der Waals surface area (Å²) >= 11 is 0. The molecule has 3 nitrogen and oxygen atoms in total. The molecule has 1 aromatic rings. The van der Waals surface area contributed by atoms with E-state index in [2.05, 4.69) is 48.7 Å². The normalized spacial score (nSPS) is 20.4. The van der Waals surface area contributed by atoms with Crippen LogP contribution in [0.4, 0.5) is 0 Å². The summed E-state index contributed by atoms with van der Waals surface area (Å²) in [7, 11) is 0. The SMILES string of the molecule is Cc1ccc(CNC(=O)CC(C)C2CCCNC2)cc1. The highest BCUT2D eigenvalue weighted by Crippen LogP contribution is 2.22. The molecule has 1 heterocycles. The van der Waals surface area contributed by atoms with Crippen LogP contribution in [-0.2, 0) is 11.3 Å². The second-order valence-electron chi connectivity index (χ2n) is 6.05. The minimum Gasteiger partial charge on any atom is -0.352 e. The zero-order chi connectivity index (χ0) is 14.4. The Balaban J connectivity index is 1.73. The Morgan fingerprint density at radius 2 is 2.15 bits per heavy atom. The predicted molar refractivity (Wildman–Crippen MR) is 82.4 cm³/mol. The number of aryl methyl sites for hydroxylation is 1. The highest BCUT2D eigenvalue weighted by atomic mass is 16.1. The van der Waals surface area contributed by atoms with Crippen LogP contribution in [0.3, 0.4) is 0 Å². The van der Waals surface area contributed by atoms with Gasteiger partial charge in [0, 0.05) is 13.0 Å². The van der Waals surface area contributed by atoms with E-state index in [1.165, 1.54) is 18.4 Å². The van der Waals surface area contributed by atoms with Crippen LogP contribution < -0.4 is 10.6 Å². The monoisotopic (exact) mass is 274 g/mol. The minimum absolute atomic E-state index is 0.170. The first-order chi connectivity index (χ1) is 9.65. The molecule has 0 aliphatic carbocycles. The third kappa shape index (κ3) is 4.64. The van der Waals surface area contributed by atoms with Gasteiger partial charge in [-0.15, -0.1) is 0 Å². The van der Waals surface area contributed by atoms with Gasteiger partial charge in [-0.05, 0) is 50.3 Å². The Morgan fingerprint density at radius 1 is 1.40 bits per heavy atom. The quantitative estimate of drug-likeness (QED) is 0.866. The minimum atomic E-state index is 0.170. The number of nitrogens with one attached hydrogen (secondary N) is 2. The van der Waals surface area contributed by atoms with Crippen molar-refractivity contribution in [3.05, 3.63) is 35.4 Å². The molecule has 20 heavy (non-hydrogen) atoms. The van der Waals surface area contributed by atoms with Crippen LogP contribution in [0.5, 0.6) is 0 Å². The largest absolute Gasteiger partial charge is 0.352 e. The van der Waals surface area contributed by atoms with E-state index in [0.717, 1.165) is 18.7 Å². The van der Waals surface area contributed by atoms with E-state index in [-0.39, 0.29) is 5.91 Å². The van der Waals surface area contributed by atoms with E-state index in [1.54, 1.807) is 0 Å². The molecule has 0 aromatic heterocycles. The second-order valence-corrected chi connectivity index (χ2v) is 6.05. The molecule has 1 aromatic carbocycles. The van der Waals surface area contributed by atoms with Crippen LogP contribution >= 0.6 is 0 Å². The Kier molecular flexibility index (Phi) is 5.60. The molecule has 0 saturated carbocycles. The molecule has 2 rings (SSSR count). The number of carbonyl (C=O) groups excluding carboxylic acids is 1. The van der Waals surface area contributed by atoms with Crippen molar-refractivity contribution >= 4 is 5.91 Å². The van der Waals surface area contributed by atoms with Gasteiger partial charge in [0.2, 0.25) is 5.91 Å². The molecule has 1 aliphatic rings. The summed E-state index contributed by atoms with van der Waals surface area (Å²) in [6.07, 6.45) is 3.12. The lowest BCUT2D eigenvalue weighted by Gasteiger charge is -2.28. The summed E-state index contributed by atoms with van der Waals surface area (Å²) in [5.41, 5.74) is 2.41. The second kappa shape index (κ2) is 7.44. The number of amides is 1. The molecule has 1 amide bonds. The lowest BCUT2D eigenvalue weighted by Crippen LogP contribution is -2.35. The Morgan fingerprint density at radius 3 is 2.80 bits per heavy atom. The summed E-state index contributed by atoms with van der Waals surface area (Å²) in [4.78, 5) is 12.0. The van der Waals surface area contributed by atoms with E-state index in [1.807, 2.05) is 0 Å². The van der Waals surface area contributed by atoms with Crippen molar-refractivity contribution in [1.29, 1.82) is 0 Å². The third-order valence-corrected chi connectivity index (χ3v) is 4.26. The van der Waals surface area contributed by atoms with Crippen molar-refractivity contribution in [2.45, 2.75) is 39.7 Å². The van der Waals surface area contributed by atoms with Crippen LogP contribution in [0.2, 0.25) is 0 Å². The average Bonchev–Trinajstić information content (AvgIpc) is 2.47. The molecule has 2 N–H and O–H groups in total. The fraction of sp³-hybridized carbons (Fsp3) is 0.588. The fourth-order valence-electron chi connectivity index (χ4n) is 2.80. The highest BCUT2D eigenvalue weighted by Gasteiger charge is 2.21. The van der Waals surface area contributed by atoms with E-state index < -0.39 is 0 Å². The van der Waals surface area contributed by atoms with Gasteiger partial charge in [-0.1, -0.05) is 36.8 Å². The maximum atomic E-state index is 12.0. The lowest BCUT2D eigenvalue weighted by molar-refractivity contribution is -0.122. The summed E-state index contributed by atoms with van der Waals surface area (Å²) in [6.45, 7) is 7.09. The van der Waals surface area contributed by atoms with Crippen molar-refractivity contribution in [3.63, 3.8) is 0 Å². The van der Waals surface area contributed by atoms with Crippen LogP contribution in [0.1, 0.15) is 37.3 Å². The van der Waals surface area contributed by atoms with Gasteiger partial charge in [-0.25, -0.2) is 0 Å². The first-order valence-electron chi connectivity index (χ1n) is 7.68. The first kappa shape index (κ1) is 15.0. The molecular formula is C17H26N2O. The van der Waals surface area contributed by atoms with E-state index in [4.69, 9.17) is 0 Å². The van der Waals surface area contributed by atoms with Gasteiger partial charge in [0.25, 0.3) is 0 Å². The van der Waals surface area contributed by atoms with Crippen LogP contribution in [0.15, 0.2) is 24.3 Å². The van der Waals surface area contributed by atoms with E-state index in [9.17, 15) is 4.79 Å². The molecule has 0 bridgehead atoms. The molecule has 2 unspecified atom stereocenters. The number of benzene rings is 1. The maximum Gasteiger partial charge on any atom is 0.220 e. The fourth-order valence-corrected chi connectivity index (χ4v) is 2.80. The van der Waals surface area contributed by atoms with Gasteiger partial charge in [0.1, 0.15) is 0 Å². The van der Waals surface area contributed by atoms with E-state index >= 15 is 0 Å². The van der Waals surface area contributed by atoms with Gasteiger partial charge in [0.05, 0.1) is 0 Å². The molecular weight excluding hydrogens is 248 g/mol. The smallest absolute Gasteiger partial charge is 0.220 e. The highest BCUT2D eigenvalue weighted by molar-refractivity contribution is 5.76. The number of rotatable bonds is 5. The molecule has 110 valence electrons. The van der Waals surface area contributed by atoms with Gasteiger partial charge in [-0.3, -0.25) is 4.79 Å². The van der Waals surface area contributed by atoms with Gasteiger partial charge in [-0.2, -0.15) is 0 Å². The first-order valence-corrected chi connectivity index (χ1v) is 7.68. The van der Waals surface area contributed by atoms with E-state index in [0.29, 0.717) is 24.8 Å². The predicted octanol–water partition coefficient (Wildman–Crippen LogP) is 2.64.